The van der Waals surface area contributed by atoms with E-state index in [2.05, 4.69) is 36.1 Å². The number of ether oxygens (including phenoxy) is 2. The Morgan fingerprint density at radius 3 is 2.85 bits per heavy atom. The lowest BCUT2D eigenvalue weighted by molar-refractivity contribution is 0.0819. The van der Waals surface area contributed by atoms with Gasteiger partial charge in [-0.15, -0.1) is 0 Å². The van der Waals surface area contributed by atoms with E-state index in [1.54, 1.807) is 6.20 Å². The zero-order chi connectivity index (χ0) is 14.8. The van der Waals surface area contributed by atoms with Gasteiger partial charge in [0.15, 0.2) is 11.6 Å². The van der Waals surface area contributed by atoms with E-state index in [0.717, 1.165) is 26.0 Å². The molecule has 20 heavy (non-hydrogen) atoms. The van der Waals surface area contributed by atoms with E-state index < -0.39 is 0 Å². The van der Waals surface area contributed by atoms with Gasteiger partial charge in [0.1, 0.15) is 6.61 Å². The van der Waals surface area contributed by atoms with Crippen molar-refractivity contribution < 1.29 is 9.47 Å². The molecule has 6 nitrogen and oxygen atoms in total. The minimum absolute atomic E-state index is 0.243. The fourth-order valence-corrected chi connectivity index (χ4v) is 1.53. The summed E-state index contributed by atoms with van der Waals surface area (Å²) in [5, 5.41) is 3.22. The molecular weight excluding hydrogens is 256 g/mol. The van der Waals surface area contributed by atoms with Crippen LogP contribution in [0.5, 0.6) is 5.75 Å². The number of hydrogen-bond acceptors (Lipinski definition) is 6. The molecule has 0 saturated carbocycles. The molecule has 1 aromatic rings. The van der Waals surface area contributed by atoms with Crippen molar-refractivity contribution in [2.24, 2.45) is 5.92 Å². The Kier molecular flexibility index (Phi) is 7.72. The van der Waals surface area contributed by atoms with E-state index >= 15 is 0 Å². The van der Waals surface area contributed by atoms with Gasteiger partial charge < -0.3 is 20.5 Å². The number of hydrogen-bond donors (Lipinski definition) is 2. The number of unbranched alkanes of at least 4 members (excludes halogenated alkanes) is 1. The highest BCUT2D eigenvalue weighted by atomic mass is 16.5. The summed E-state index contributed by atoms with van der Waals surface area (Å²) < 4.78 is 11.1. The molecule has 0 amide bonds. The van der Waals surface area contributed by atoms with Crippen LogP contribution in [0.25, 0.3) is 0 Å². The third kappa shape index (κ3) is 6.56. The standard InChI is InChI=1S/C14H26N4O2/c1-4-5-6-16-13-12(9-17-14(15)18-13)20-8-7-19-10-11(2)3/h9,11H,4-8,10H2,1-3H3,(H3,15,16,17,18). The molecule has 0 aliphatic rings. The lowest BCUT2D eigenvalue weighted by atomic mass is 10.2. The molecule has 0 aliphatic heterocycles. The van der Waals surface area contributed by atoms with E-state index in [9.17, 15) is 0 Å². The molecule has 0 radical (unpaired) electrons. The average molecular weight is 282 g/mol. The van der Waals surface area contributed by atoms with Gasteiger partial charge in [0.2, 0.25) is 5.95 Å². The van der Waals surface area contributed by atoms with Gasteiger partial charge in [-0.3, -0.25) is 0 Å². The van der Waals surface area contributed by atoms with E-state index in [4.69, 9.17) is 15.2 Å². The van der Waals surface area contributed by atoms with Crippen LogP contribution < -0.4 is 15.8 Å². The molecule has 0 unspecified atom stereocenters. The van der Waals surface area contributed by atoms with E-state index in [-0.39, 0.29) is 5.95 Å². The van der Waals surface area contributed by atoms with Gasteiger partial charge >= 0.3 is 0 Å². The quantitative estimate of drug-likeness (QED) is 0.641. The van der Waals surface area contributed by atoms with Crippen LogP contribution in [-0.4, -0.2) is 36.3 Å². The van der Waals surface area contributed by atoms with Crippen molar-refractivity contribution >= 4 is 11.8 Å². The Labute approximate surface area is 121 Å². The maximum atomic E-state index is 5.64. The summed E-state index contributed by atoms with van der Waals surface area (Å²) in [5.74, 6) is 2.03. The van der Waals surface area contributed by atoms with Gasteiger partial charge in [-0.05, 0) is 12.3 Å². The number of anilines is 2. The smallest absolute Gasteiger partial charge is 0.222 e. The first kappa shape index (κ1) is 16.5. The third-order valence-electron chi connectivity index (χ3n) is 2.53. The molecular formula is C14H26N4O2. The van der Waals surface area contributed by atoms with Crippen LogP contribution in [0.15, 0.2) is 6.20 Å². The molecule has 1 heterocycles. The van der Waals surface area contributed by atoms with Crippen molar-refractivity contribution in [3.8, 4) is 5.75 Å². The van der Waals surface area contributed by atoms with E-state index in [1.807, 2.05) is 0 Å². The maximum Gasteiger partial charge on any atom is 0.222 e. The Bertz CT molecular complexity index is 385. The van der Waals surface area contributed by atoms with Crippen LogP contribution in [0.2, 0.25) is 0 Å². The summed E-state index contributed by atoms with van der Waals surface area (Å²) in [4.78, 5) is 8.12. The predicted octanol–water partition coefficient (Wildman–Crippen LogP) is 2.32. The SMILES string of the molecule is CCCCNc1nc(N)ncc1OCCOCC(C)C. The molecule has 0 atom stereocenters. The molecule has 0 aromatic carbocycles. The fourth-order valence-electron chi connectivity index (χ4n) is 1.53. The minimum Gasteiger partial charge on any atom is -0.486 e. The van der Waals surface area contributed by atoms with Crippen LogP contribution in [0.3, 0.4) is 0 Å². The number of rotatable bonds is 10. The molecule has 0 aliphatic carbocycles. The second-order valence-electron chi connectivity index (χ2n) is 5.04. The zero-order valence-corrected chi connectivity index (χ0v) is 12.7. The van der Waals surface area contributed by atoms with Crippen molar-refractivity contribution in [3.63, 3.8) is 0 Å². The van der Waals surface area contributed by atoms with Crippen molar-refractivity contribution in [1.29, 1.82) is 0 Å². The van der Waals surface area contributed by atoms with Crippen molar-refractivity contribution in [1.82, 2.24) is 9.97 Å². The second kappa shape index (κ2) is 9.36. The summed E-state index contributed by atoms with van der Waals surface area (Å²) in [6.45, 7) is 8.98. The largest absolute Gasteiger partial charge is 0.486 e. The van der Waals surface area contributed by atoms with Crippen molar-refractivity contribution in [3.05, 3.63) is 6.20 Å². The fraction of sp³-hybridized carbons (Fsp3) is 0.714. The molecule has 6 heteroatoms. The van der Waals surface area contributed by atoms with Crippen LogP contribution in [0.1, 0.15) is 33.6 Å². The number of nitrogens with zero attached hydrogens (tertiary/aromatic N) is 2. The van der Waals surface area contributed by atoms with Crippen LogP contribution in [0.4, 0.5) is 11.8 Å². The Hall–Kier alpha value is -1.56. The molecule has 0 fully saturated rings. The monoisotopic (exact) mass is 282 g/mol. The molecule has 0 spiro atoms. The van der Waals surface area contributed by atoms with Crippen LogP contribution in [0, 0.1) is 5.92 Å². The Morgan fingerprint density at radius 1 is 1.35 bits per heavy atom. The number of nitrogens with one attached hydrogen (secondary N) is 1. The second-order valence-corrected chi connectivity index (χ2v) is 5.04. The van der Waals surface area contributed by atoms with Gasteiger partial charge in [0.25, 0.3) is 0 Å². The summed E-state index contributed by atoms with van der Waals surface area (Å²) in [5.41, 5.74) is 5.60. The van der Waals surface area contributed by atoms with Gasteiger partial charge in [0.05, 0.1) is 12.8 Å². The molecule has 0 bridgehead atoms. The Balaban J connectivity index is 2.42. The molecule has 1 aromatic heterocycles. The highest BCUT2D eigenvalue weighted by molar-refractivity contribution is 5.51. The third-order valence-corrected chi connectivity index (χ3v) is 2.53. The van der Waals surface area contributed by atoms with Crippen LogP contribution in [-0.2, 0) is 4.74 Å². The first-order valence-corrected chi connectivity index (χ1v) is 7.20. The number of nitrogens with two attached hydrogens (primary N) is 1. The summed E-state index contributed by atoms with van der Waals surface area (Å²) in [7, 11) is 0. The summed E-state index contributed by atoms with van der Waals surface area (Å²) >= 11 is 0. The summed E-state index contributed by atoms with van der Waals surface area (Å²) in [6.07, 6.45) is 3.78. The lowest BCUT2D eigenvalue weighted by Crippen LogP contribution is -2.13. The van der Waals surface area contributed by atoms with E-state index in [1.165, 1.54) is 0 Å². The average Bonchev–Trinajstić information content (AvgIpc) is 2.40. The van der Waals surface area contributed by atoms with E-state index in [0.29, 0.717) is 30.7 Å². The van der Waals surface area contributed by atoms with Gasteiger partial charge in [-0.2, -0.15) is 4.98 Å². The highest BCUT2D eigenvalue weighted by Gasteiger charge is 2.07. The molecule has 114 valence electrons. The molecule has 0 saturated heterocycles. The number of nitrogen functional groups attached to an aromatic ring is 1. The predicted molar refractivity (Wildman–Crippen MR) is 81.0 cm³/mol. The first-order chi connectivity index (χ1) is 9.63. The zero-order valence-electron chi connectivity index (χ0n) is 12.7. The van der Waals surface area contributed by atoms with Crippen LogP contribution >= 0.6 is 0 Å². The normalized spacial score (nSPS) is 10.8. The van der Waals surface area contributed by atoms with Crippen molar-refractivity contribution in [2.45, 2.75) is 33.6 Å². The van der Waals surface area contributed by atoms with Crippen molar-refractivity contribution in [2.75, 3.05) is 37.4 Å². The first-order valence-electron chi connectivity index (χ1n) is 7.20. The van der Waals surface area contributed by atoms with Gasteiger partial charge in [0, 0.05) is 13.2 Å². The number of aromatic nitrogens is 2. The maximum absolute atomic E-state index is 5.64. The lowest BCUT2D eigenvalue weighted by Gasteiger charge is -2.12. The summed E-state index contributed by atoms with van der Waals surface area (Å²) in [6, 6.07) is 0. The molecule has 3 N–H and O–H groups in total. The van der Waals surface area contributed by atoms with Gasteiger partial charge in [-0.1, -0.05) is 27.2 Å². The highest BCUT2D eigenvalue weighted by Crippen LogP contribution is 2.21. The topological polar surface area (TPSA) is 82.3 Å². The Morgan fingerprint density at radius 2 is 2.15 bits per heavy atom. The molecule has 1 rings (SSSR count). The van der Waals surface area contributed by atoms with Gasteiger partial charge in [-0.25, -0.2) is 4.98 Å². The minimum atomic E-state index is 0.243.